The molecule has 1 heterocycles. The molecule has 2 aromatic rings. The molecule has 0 saturated carbocycles. The second-order valence-electron chi connectivity index (χ2n) is 11.0. The largest absolute Gasteiger partial charge is 0.496 e. The second kappa shape index (κ2) is 11.6. The molecule has 0 bridgehead atoms. The number of amides is 2. The van der Waals surface area contributed by atoms with Gasteiger partial charge in [0.15, 0.2) is 0 Å². The van der Waals surface area contributed by atoms with Gasteiger partial charge in [0, 0.05) is 30.8 Å². The van der Waals surface area contributed by atoms with Crippen LogP contribution in [0.25, 0.3) is 5.57 Å². The molecule has 2 amide bonds. The van der Waals surface area contributed by atoms with Crippen LogP contribution in [0.2, 0.25) is 0 Å². The van der Waals surface area contributed by atoms with E-state index in [4.69, 9.17) is 9.47 Å². The fourth-order valence-corrected chi connectivity index (χ4v) is 5.49. The lowest BCUT2D eigenvalue weighted by atomic mass is 9.85. The zero-order valence-electron chi connectivity index (χ0n) is 23.9. The van der Waals surface area contributed by atoms with Crippen LogP contribution >= 0.6 is 0 Å². The fourth-order valence-electron chi connectivity index (χ4n) is 5.49. The third-order valence-corrected chi connectivity index (χ3v) is 7.96. The maximum atomic E-state index is 13.5. The average molecular weight is 559 g/mol. The zero-order valence-corrected chi connectivity index (χ0v) is 23.9. The number of carbonyl (C=O) groups excluding carboxylic acids is 2. The van der Waals surface area contributed by atoms with Crippen LogP contribution in [-0.4, -0.2) is 54.6 Å². The molecule has 1 saturated heterocycles. The SMILES string of the molecule is COc1ccc(C(=O)N(C)C(C)C)cc1C1=C(CN2C(=O)O[C@H](c3cc(C)cc(C(F)(F)F)c3)[C@@H]2C)CCCC1. The summed E-state index contributed by atoms with van der Waals surface area (Å²) >= 11 is 0. The number of hydrogen-bond acceptors (Lipinski definition) is 4. The van der Waals surface area contributed by atoms with Crippen LogP contribution in [0.4, 0.5) is 18.0 Å². The monoisotopic (exact) mass is 558 g/mol. The summed E-state index contributed by atoms with van der Waals surface area (Å²) in [6.07, 6.45) is -2.44. The number of cyclic esters (lactones) is 1. The Labute approximate surface area is 233 Å². The van der Waals surface area contributed by atoms with Gasteiger partial charge in [0.25, 0.3) is 5.91 Å². The molecule has 0 spiro atoms. The highest BCUT2D eigenvalue weighted by atomic mass is 19.4. The van der Waals surface area contributed by atoms with Gasteiger partial charge in [-0.2, -0.15) is 13.2 Å². The summed E-state index contributed by atoms with van der Waals surface area (Å²) < 4.78 is 51.7. The first-order valence-corrected chi connectivity index (χ1v) is 13.6. The van der Waals surface area contributed by atoms with Crippen molar-refractivity contribution in [2.45, 2.75) is 77.7 Å². The number of alkyl halides is 3. The molecule has 1 aliphatic carbocycles. The molecule has 1 aliphatic heterocycles. The minimum absolute atomic E-state index is 0.0405. The second-order valence-corrected chi connectivity index (χ2v) is 11.0. The van der Waals surface area contributed by atoms with Crippen molar-refractivity contribution in [3.05, 3.63) is 69.8 Å². The van der Waals surface area contributed by atoms with Gasteiger partial charge in [-0.1, -0.05) is 11.6 Å². The third-order valence-electron chi connectivity index (χ3n) is 7.96. The molecule has 4 rings (SSSR count). The summed E-state index contributed by atoms with van der Waals surface area (Å²) in [6, 6.07) is 8.79. The molecular weight excluding hydrogens is 521 g/mol. The van der Waals surface area contributed by atoms with Crippen molar-refractivity contribution < 1.29 is 32.2 Å². The normalized spacial score (nSPS) is 19.8. The Balaban J connectivity index is 1.67. The van der Waals surface area contributed by atoms with Gasteiger partial charge in [0.2, 0.25) is 0 Å². The number of nitrogens with zero attached hydrogens (tertiary/aromatic N) is 2. The topological polar surface area (TPSA) is 59.1 Å². The Bertz CT molecular complexity index is 1320. The van der Waals surface area contributed by atoms with Crippen LogP contribution in [0.3, 0.4) is 0 Å². The molecule has 2 aromatic carbocycles. The van der Waals surface area contributed by atoms with Crippen LogP contribution in [0.15, 0.2) is 42.0 Å². The van der Waals surface area contributed by atoms with Gasteiger partial charge in [-0.25, -0.2) is 4.79 Å². The molecule has 2 aliphatic rings. The van der Waals surface area contributed by atoms with Gasteiger partial charge < -0.3 is 14.4 Å². The van der Waals surface area contributed by atoms with E-state index in [2.05, 4.69) is 0 Å². The Morgan fingerprint density at radius 2 is 1.85 bits per heavy atom. The van der Waals surface area contributed by atoms with Crippen molar-refractivity contribution in [2.24, 2.45) is 0 Å². The molecule has 0 aromatic heterocycles. The molecule has 40 heavy (non-hydrogen) atoms. The highest BCUT2D eigenvalue weighted by Crippen LogP contribution is 2.41. The fraction of sp³-hybridized carbons (Fsp3) is 0.484. The number of rotatable bonds is 7. The molecule has 0 unspecified atom stereocenters. The summed E-state index contributed by atoms with van der Waals surface area (Å²) in [7, 11) is 3.36. The van der Waals surface area contributed by atoms with Crippen LogP contribution in [0, 0.1) is 6.92 Å². The third kappa shape index (κ3) is 5.98. The molecule has 6 nitrogen and oxygen atoms in total. The van der Waals surface area contributed by atoms with Gasteiger partial charge in [-0.05, 0) is 100 Å². The summed E-state index contributed by atoms with van der Waals surface area (Å²) in [6.45, 7) is 7.60. The Morgan fingerprint density at radius 1 is 1.15 bits per heavy atom. The minimum Gasteiger partial charge on any atom is -0.496 e. The number of allylic oxidation sites excluding steroid dienone is 1. The molecule has 9 heteroatoms. The number of halogens is 3. The molecule has 2 atom stereocenters. The van der Waals surface area contributed by atoms with Crippen molar-refractivity contribution in [1.29, 1.82) is 0 Å². The van der Waals surface area contributed by atoms with Gasteiger partial charge in [-0.15, -0.1) is 0 Å². The van der Waals surface area contributed by atoms with E-state index in [-0.39, 0.29) is 18.5 Å². The standard InChI is InChI=1S/C31H37F3N2O4/c1-18(2)35(5)29(37)21-11-12-27(39-6)26(16-21)25-10-8-7-9-22(25)17-36-20(4)28(40-30(36)38)23-13-19(3)14-24(15-23)31(32,33)34/h11-16,18,20,28H,7-10,17H2,1-6H3/t20-,28-/m0/s1. The molecular formula is C31H37F3N2O4. The average Bonchev–Trinajstić information content (AvgIpc) is 3.19. The van der Waals surface area contributed by atoms with Gasteiger partial charge >= 0.3 is 12.3 Å². The van der Waals surface area contributed by atoms with E-state index in [0.717, 1.165) is 54.5 Å². The molecule has 1 fully saturated rings. The van der Waals surface area contributed by atoms with E-state index in [1.165, 1.54) is 0 Å². The number of benzene rings is 2. The lowest BCUT2D eigenvalue weighted by molar-refractivity contribution is -0.137. The van der Waals surface area contributed by atoms with E-state index in [1.807, 2.05) is 19.9 Å². The summed E-state index contributed by atoms with van der Waals surface area (Å²) in [5.74, 6) is 0.556. The number of carbonyl (C=O) groups is 2. The lowest BCUT2D eigenvalue weighted by Gasteiger charge is -2.28. The zero-order chi connectivity index (χ0) is 29.4. The number of ether oxygens (including phenoxy) is 2. The molecule has 216 valence electrons. The predicted molar refractivity (Wildman–Crippen MR) is 147 cm³/mol. The first kappa shape index (κ1) is 29.5. The van der Waals surface area contributed by atoms with Crippen LogP contribution in [0.1, 0.15) is 85.2 Å². The molecule has 0 N–H and O–H groups in total. The van der Waals surface area contributed by atoms with E-state index in [9.17, 15) is 22.8 Å². The van der Waals surface area contributed by atoms with E-state index >= 15 is 0 Å². The summed E-state index contributed by atoms with van der Waals surface area (Å²) in [4.78, 5) is 29.4. The maximum absolute atomic E-state index is 13.5. The number of aryl methyl sites for hydroxylation is 1. The maximum Gasteiger partial charge on any atom is 0.416 e. The van der Waals surface area contributed by atoms with Crippen molar-refractivity contribution in [1.82, 2.24) is 9.80 Å². The van der Waals surface area contributed by atoms with E-state index in [1.54, 1.807) is 56.0 Å². The number of methoxy groups -OCH3 is 1. The minimum atomic E-state index is -4.49. The van der Waals surface area contributed by atoms with Gasteiger partial charge in [0.1, 0.15) is 11.9 Å². The first-order chi connectivity index (χ1) is 18.8. The summed E-state index contributed by atoms with van der Waals surface area (Å²) in [5, 5.41) is 0. The highest BCUT2D eigenvalue weighted by Gasteiger charge is 2.41. The van der Waals surface area contributed by atoms with Crippen molar-refractivity contribution >= 4 is 17.6 Å². The Morgan fingerprint density at radius 3 is 2.50 bits per heavy atom. The van der Waals surface area contributed by atoms with Gasteiger partial charge in [0.05, 0.1) is 18.7 Å². The highest BCUT2D eigenvalue weighted by molar-refractivity contribution is 5.96. The predicted octanol–water partition coefficient (Wildman–Crippen LogP) is 7.41. The van der Waals surface area contributed by atoms with E-state index < -0.39 is 30.0 Å². The van der Waals surface area contributed by atoms with Crippen LogP contribution in [-0.2, 0) is 10.9 Å². The quantitative estimate of drug-likeness (QED) is 0.355. The molecule has 0 radical (unpaired) electrons. The Kier molecular flexibility index (Phi) is 8.52. The van der Waals surface area contributed by atoms with Crippen molar-refractivity contribution in [3.63, 3.8) is 0 Å². The lowest BCUT2D eigenvalue weighted by Crippen LogP contribution is -2.34. The van der Waals surface area contributed by atoms with Crippen LogP contribution < -0.4 is 4.74 Å². The van der Waals surface area contributed by atoms with Gasteiger partial charge in [-0.3, -0.25) is 9.69 Å². The number of hydrogen-bond donors (Lipinski definition) is 0. The first-order valence-electron chi connectivity index (χ1n) is 13.6. The van der Waals surface area contributed by atoms with Crippen molar-refractivity contribution in [3.8, 4) is 5.75 Å². The van der Waals surface area contributed by atoms with E-state index in [0.29, 0.717) is 22.4 Å². The summed E-state index contributed by atoms with van der Waals surface area (Å²) in [5.41, 5.74) is 3.47. The Hall–Kier alpha value is -3.49. The van der Waals surface area contributed by atoms with Crippen LogP contribution in [0.5, 0.6) is 5.75 Å². The smallest absolute Gasteiger partial charge is 0.416 e. The van der Waals surface area contributed by atoms with Crippen molar-refractivity contribution in [2.75, 3.05) is 20.7 Å².